The maximum absolute atomic E-state index is 11.5. The van der Waals surface area contributed by atoms with Crippen molar-refractivity contribution in [2.24, 2.45) is 0 Å². The van der Waals surface area contributed by atoms with Crippen LogP contribution in [0.25, 0.3) is 11.1 Å². The van der Waals surface area contributed by atoms with Crippen LogP contribution in [0.1, 0.15) is 0 Å². The van der Waals surface area contributed by atoms with Crippen molar-refractivity contribution in [3.8, 4) is 11.1 Å². The SMILES string of the molecule is O=c1nccccc1-c1ccccc1. The van der Waals surface area contributed by atoms with Gasteiger partial charge in [0.25, 0.3) is 5.56 Å². The zero-order valence-corrected chi connectivity index (χ0v) is 7.55. The highest BCUT2D eigenvalue weighted by molar-refractivity contribution is 5.61. The number of nitrogens with zero attached hydrogens (tertiary/aromatic N) is 1. The zero-order valence-electron chi connectivity index (χ0n) is 7.55. The standard InChI is InChI=1S/C12H9NO/c14-12-11(8-4-5-9-13-12)10-6-2-1-3-7-10/h1-9H. The lowest BCUT2D eigenvalue weighted by molar-refractivity contribution is 1.27. The predicted octanol–water partition coefficient (Wildman–Crippen LogP) is 2.11. The molecule has 0 radical (unpaired) electrons. The minimum Gasteiger partial charge on any atom is -0.267 e. The monoisotopic (exact) mass is 183 g/mol. The van der Waals surface area contributed by atoms with Crippen LogP contribution in [-0.4, -0.2) is 4.98 Å². The van der Waals surface area contributed by atoms with Crippen molar-refractivity contribution in [1.29, 1.82) is 0 Å². The van der Waals surface area contributed by atoms with Crippen molar-refractivity contribution in [2.75, 3.05) is 0 Å². The molecular formula is C12H9NO. The summed E-state index contributed by atoms with van der Waals surface area (Å²) in [6, 6.07) is 14.9. The van der Waals surface area contributed by atoms with E-state index in [0.29, 0.717) is 5.56 Å². The van der Waals surface area contributed by atoms with Crippen molar-refractivity contribution in [2.45, 2.75) is 0 Å². The molecule has 0 atom stereocenters. The third-order valence-electron chi connectivity index (χ3n) is 1.97. The molecule has 0 aliphatic heterocycles. The van der Waals surface area contributed by atoms with Gasteiger partial charge in [-0.3, -0.25) is 4.79 Å². The van der Waals surface area contributed by atoms with Gasteiger partial charge in [0, 0.05) is 11.8 Å². The highest BCUT2D eigenvalue weighted by atomic mass is 16.1. The highest BCUT2D eigenvalue weighted by Gasteiger charge is 1.99. The van der Waals surface area contributed by atoms with E-state index in [-0.39, 0.29) is 5.56 Å². The minimum absolute atomic E-state index is 0.193. The Kier molecular flexibility index (Phi) is 2.36. The highest BCUT2D eigenvalue weighted by Crippen LogP contribution is 2.12. The molecule has 0 bridgehead atoms. The molecule has 2 heteroatoms. The smallest absolute Gasteiger partial charge is 0.267 e. The first-order chi connectivity index (χ1) is 6.88. The van der Waals surface area contributed by atoms with Gasteiger partial charge in [0.2, 0.25) is 0 Å². The molecule has 2 aromatic rings. The summed E-state index contributed by atoms with van der Waals surface area (Å²) >= 11 is 0. The molecule has 1 aromatic heterocycles. The van der Waals surface area contributed by atoms with Crippen molar-refractivity contribution in [3.63, 3.8) is 0 Å². The Hall–Kier alpha value is -1.96. The van der Waals surface area contributed by atoms with E-state index in [2.05, 4.69) is 4.98 Å². The van der Waals surface area contributed by atoms with Crippen LogP contribution < -0.4 is 5.56 Å². The normalized spacial score (nSPS) is 9.71. The van der Waals surface area contributed by atoms with Gasteiger partial charge in [0.15, 0.2) is 0 Å². The molecule has 0 N–H and O–H groups in total. The molecule has 0 aliphatic carbocycles. The summed E-state index contributed by atoms with van der Waals surface area (Å²) in [6.45, 7) is 0. The lowest BCUT2D eigenvalue weighted by atomic mass is 10.1. The van der Waals surface area contributed by atoms with Gasteiger partial charge in [-0.2, -0.15) is 0 Å². The Labute approximate surface area is 81.9 Å². The van der Waals surface area contributed by atoms with Gasteiger partial charge in [0.05, 0.1) is 0 Å². The fourth-order valence-corrected chi connectivity index (χ4v) is 1.29. The van der Waals surface area contributed by atoms with E-state index in [1.165, 1.54) is 6.20 Å². The maximum Gasteiger partial charge on any atom is 0.277 e. The predicted molar refractivity (Wildman–Crippen MR) is 55.9 cm³/mol. The van der Waals surface area contributed by atoms with E-state index in [1.54, 1.807) is 12.1 Å². The molecule has 1 aromatic carbocycles. The Balaban J connectivity index is 2.65. The summed E-state index contributed by atoms with van der Waals surface area (Å²) in [5.74, 6) is 0. The second-order valence-corrected chi connectivity index (χ2v) is 2.91. The van der Waals surface area contributed by atoms with Crippen LogP contribution in [0, 0.1) is 0 Å². The second kappa shape index (κ2) is 3.83. The lowest BCUT2D eigenvalue weighted by Gasteiger charge is -1.94. The van der Waals surface area contributed by atoms with Gasteiger partial charge < -0.3 is 0 Å². The topological polar surface area (TPSA) is 30.0 Å². The first kappa shape index (κ1) is 8.63. The van der Waals surface area contributed by atoms with E-state index < -0.39 is 0 Å². The summed E-state index contributed by atoms with van der Waals surface area (Å²) in [5, 5.41) is 0. The van der Waals surface area contributed by atoms with Crippen molar-refractivity contribution in [3.05, 3.63) is 65.1 Å². The molecule has 14 heavy (non-hydrogen) atoms. The molecule has 1 heterocycles. The number of hydrogen-bond acceptors (Lipinski definition) is 2. The molecule has 0 amide bonds. The summed E-state index contributed by atoms with van der Waals surface area (Å²) in [7, 11) is 0. The fraction of sp³-hybridized carbons (Fsp3) is 0. The van der Waals surface area contributed by atoms with Gasteiger partial charge >= 0.3 is 0 Å². The summed E-state index contributed by atoms with van der Waals surface area (Å²) in [6.07, 6.45) is 1.51. The first-order valence-electron chi connectivity index (χ1n) is 4.39. The van der Waals surface area contributed by atoms with Crippen molar-refractivity contribution in [1.82, 2.24) is 4.98 Å². The van der Waals surface area contributed by atoms with E-state index in [1.807, 2.05) is 36.4 Å². The Morgan fingerprint density at radius 1 is 0.857 bits per heavy atom. The molecular weight excluding hydrogens is 174 g/mol. The summed E-state index contributed by atoms with van der Waals surface area (Å²) in [4.78, 5) is 15.3. The van der Waals surface area contributed by atoms with Gasteiger partial charge in [-0.1, -0.05) is 36.4 Å². The molecule has 0 fully saturated rings. The fourth-order valence-electron chi connectivity index (χ4n) is 1.29. The van der Waals surface area contributed by atoms with E-state index in [9.17, 15) is 4.79 Å². The zero-order chi connectivity index (χ0) is 9.80. The van der Waals surface area contributed by atoms with Crippen LogP contribution >= 0.6 is 0 Å². The van der Waals surface area contributed by atoms with Crippen molar-refractivity contribution < 1.29 is 0 Å². The molecule has 0 saturated heterocycles. The molecule has 0 aliphatic rings. The van der Waals surface area contributed by atoms with Gasteiger partial charge in [-0.25, -0.2) is 4.98 Å². The molecule has 0 spiro atoms. The van der Waals surface area contributed by atoms with Crippen LogP contribution in [0.2, 0.25) is 0 Å². The summed E-state index contributed by atoms with van der Waals surface area (Å²) in [5.41, 5.74) is 1.35. The molecule has 2 nitrogen and oxygen atoms in total. The molecule has 68 valence electrons. The van der Waals surface area contributed by atoms with E-state index in [0.717, 1.165) is 5.56 Å². The minimum atomic E-state index is -0.193. The Bertz CT molecular complexity index is 480. The Morgan fingerprint density at radius 3 is 2.36 bits per heavy atom. The lowest BCUT2D eigenvalue weighted by Crippen LogP contribution is -2.03. The number of rotatable bonds is 1. The van der Waals surface area contributed by atoms with Crippen LogP contribution in [-0.2, 0) is 0 Å². The first-order valence-corrected chi connectivity index (χ1v) is 4.39. The van der Waals surface area contributed by atoms with Gasteiger partial charge in [0.1, 0.15) is 0 Å². The van der Waals surface area contributed by atoms with Gasteiger partial charge in [-0.15, -0.1) is 0 Å². The van der Waals surface area contributed by atoms with Crippen LogP contribution in [0.3, 0.4) is 0 Å². The van der Waals surface area contributed by atoms with E-state index in [4.69, 9.17) is 0 Å². The molecule has 2 rings (SSSR count). The average molecular weight is 183 g/mol. The van der Waals surface area contributed by atoms with E-state index >= 15 is 0 Å². The molecule has 0 saturated carbocycles. The maximum atomic E-state index is 11.5. The Morgan fingerprint density at radius 2 is 1.57 bits per heavy atom. The van der Waals surface area contributed by atoms with Crippen LogP contribution in [0.4, 0.5) is 0 Å². The third kappa shape index (κ3) is 1.69. The quantitative estimate of drug-likeness (QED) is 0.677. The second-order valence-electron chi connectivity index (χ2n) is 2.91. The number of aromatic nitrogens is 1. The average Bonchev–Trinajstić information content (AvgIpc) is 2.44. The molecule has 0 unspecified atom stereocenters. The van der Waals surface area contributed by atoms with Crippen molar-refractivity contribution >= 4 is 0 Å². The largest absolute Gasteiger partial charge is 0.277 e. The van der Waals surface area contributed by atoms with Crippen LogP contribution in [0.5, 0.6) is 0 Å². The third-order valence-corrected chi connectivity index (χ3v) is 1.97. The van der Waals surface area contributed by atoms with Crippen LogP contribution in [0.15, 0.2) is 59.5 Å². The van der Waals surface area contributed by atoms with Gasteiger partial charge in [-0.05, 0) is 17.7 Å². The summed E-state index contributed by atoms with van der Waals surface area (Å²) < 4.78 is 0. The number of hydrogen-bond donors (Lipinski definition) is 0. The number of benzene rings is 1.